The van der Waals surface area contributed by atoms with Crippen molar-refractivity contribution >= 4 is 51.2 Å². The molecule has 0 radical (unpaired) electrons. The van der Waals surface area contributed by atoms with Gasteiger partial charge in [0.2, 0.25) is 0 Å². The average molecular weight is 610 g/mol. The van der Waals surface area contributed by atoms with E-state index in [2.05, 4.69) is 144 Å². The van der Waals surface area contributed by atoms with E-state index < -0.39 is 8.07 Å². The SMILES string of the molecule is CCCCCCn1cc(-c2c3cc4ccccc4cc3c(C#C[Si](C(C)C)(C(C)C)C(C)C)c3cc4ccccc4cc23)nn1. The van der Waals surface area contributed by atoms with Gasteiger partial charge in [-0.25, -0.2) is 0 Å². The summed E-state index contributed by atoms with van der Waals surface area (Å²) in [5.41, 5.74) is 9.01. The van der Waals surface area contributed by atoms with Crippen molar-refractivity contribution in [2.75, 3.05) is 0 Å². The lowest BCUT2D eigenvalue weighted by Crippen LogP contribution is -2.43. The first-order valence-electron chi connectivity index (χ1n) is 17.0. The second-order valence-electron chi connectivity index (χ2n) is 13.8. The molecule has 0 aliphatic heterocycles. The predicted octanol–water partition coefficient (Wildman–Crippen LogP) is 11.7. The van der Waals surface area contributed by atoms with E-state index in [1.807, 2.05) is 4.68 Å². The first-order valence-corrected chi connectivity index (χ1v) is 19.2. The molecule has 0 saturated carbocycles. The van der Waals surface area contributed by atoms with Crippen molar-refractivity contribution in [1.29, 1.82) is 0 Å². The third kappa shape index (κ3) is 5.68. The molecular formula is C41H47N3Si. The van der Waals surface area contributed by atoms with Crippen molar-refractivity contribution in [3.63, 3.8) is 0 Å². The van der Waals surface area contributed by atoms with Crippen LogP contribution < -0.4 is 0 Å². The van der Waals surface area contributed by atoms with Gasteiger partial charge in [-0.2, -0.15) is 0 Å². The Kier molecular flexibility index (Phi) is 8.84. The van der Waals surface area contributed by atoms with Crippen molar-refractivity contribution in [1.82, 2.24) is 15.0 Å². The lowest BCUT2D eigenvalue weighted by Gasteiger charge is -2.38. The molecule has 6 rings (SSSR count). The van der Waals surface area contributed by atoms with E-state index in [9.17, 15) is 0 Å². The molecule has 0 bridgehead atoms. The molecule has 6 aromatic rings. The van der Waals surface area contributed by atoms with Crippen LogP contribution in [0.25, 0.3) is 54.3 Å². The fourth-order valence-corrected chi connectivity index (χ4v) is 13.0. The summed E-state index contributed by atoms with van der Waals surface area (Å²) in [4.78, 5) is 0. The minimum atomic E-state index is -1.97. The number of rotatable bonds is 9. The quantitative estimate of drug-likeness (QED) is 0.0706. The molecule has 0 aliphatic rings. The number of benzene rings is 5. The molecule has 0 N–H and O–H groups in total. The molecule has 0 saturated heterocycles. The number of unbranched alkanes of at least 4 members (excludes halogenated alkanes) is 3. The van der Waals surface area contributed by atoms with Gasteiger partial charge in [0.05, 0.1) is 6.20 Å². The molecule has 0 unspecified atom stereocenters. The monoisotopic (exact) mass is 609 g/mol. The molecule has 3 nitrogen and oxygen atoms in total. The summed E-state index contributed by atoms with van der Waals surface area (Å²) in [6.07, 6.45) is 6.98. The van der Waals surface area contributed by atoms with Gasteiger partial charge in [-0.1, -0.05) is 127 Å². The van der Waals surface area contributed by atoms with Crippen molar-refractivity contribution < 1.29 is 0 Å². The lowest BCUT2D eigenvalue weighted by atomic mass is 9.88. The zero-order chi connectivity index (χ0) is 31.7. The molecule has 5 aromatic carbocycles. The third-order valence-electron chi connectivity index (χ3n) is 10.2. The van der Waals surface area contributed by atoms with Crippen LogP contribution >= 0.6 is 0 Å². The number of hydrogen-bond acceptors (Lipinski definition) is 2. The lowest BCUT2D eigenvalue weighted by molar-refractivity contribution is 0.527. The number of aryl methyl sites for hydroxylation is 1. The van der Waals surface area contributed by atoms with Crippen molar-refractivity contribution in [2.24, 2.45) is 0 Å². The van der Waals surface area contributed by atoms with Gasteiger partial charge >= 0.3 is 0 Å². The molecular weight excluding hydrogens is 563 g/mol. The first kappa shape index (κ1) is 31.1. The maximum absolute atomic E-state index is 4.81. The smallest absolute Gasteiger partial charge is 0.146 e. The Morgan fingerprint density at radius 2 is 1.16 bits per heavy atom. The van der Waals surface area contributed by atoms with Crippen molar-refractivity contribution in [3.05, 3.63) is 84.6 Å². The van der Waals surface area contributed by atoms with Crippen LogP contribution in [0.1, 0.15) is 79.7 Å². The largest absolute Gasteiger partial charge is 0.252 e. The van der Waals surface area contributed by atoms with Gasteiger partial charge in [0.25, 0.3) is 0 Å². The number of fused-ring (bicyclic) bond motifs is 4. The maximum Gasteiger partial charge on any atom is 0.146 e. The van der Waals surface area contributed by atoms with E-state index in [-0.39, 0.29) is 0 Å². The Balaban J connectivity index is 1.71. The Hall–Kier alpha value is -3.94. The fourth-order valence-electron chi connectivity index (χ4n) is 7.84. The molecule has 0 spiro atoms. The second kappa shape index (κ2) is 12.8. The number of nitrogens with zero attached hydrogens (tertiary/aromatic N) is 3. The van der Waals surface area contributed by atoms with Gasteiger partial charge in [0, 0.05) is 17.7 Å². The Labute approximate surface area is 270 Å². The predicted molar refractivity (Wildman–Crippen MR) is 198 cm³/mol. The molecule has 0 fully saturated rings. The molecule has 4 heteroatoms. The Morgan fingerprint density at radius 1 is 0.667 bits per heavy atom. The summed E-state index contributed by atoms with van der Waals surface area (Å²) < 4.78 is 2.03. The fraction of sp³-hybridized carbons (Fsp3) is 0.366. The van der Waals surface area contributed by atoms with Crippen LogP contribution in [0.5, 0.6) is 0 Å². The van der Waals surface area contributed by atoms with E-state index in [4.69, 9.17) is 5.10 Å². The minimum Gasteiger partial charge on any atom is -0.252 e. The molecule has 1 aromatic heterocycles. The van der Waals surface area contributed by atoms with E-state index in [1.54, 1.807) is 0 Å². The van der Waals surface area contributed by atoms with Crippen molar-refractivity contribution in [2.45, 2.75) is 97.3 Å². The highest BCUT2D eigenvalue weighted by molar-refractivity contribution is 6.90. The number of aromatic nitrogens is 3. The molecule has 0 amide bonds. The Morgan fingerprint density at radius 3 is 1.62 bits per heavy atom. The molecule has 1 heterocycles. The maximum atomic E-state index is 4.81. The minimum absolute atomic E-state index is 0.566. The van der Waals surface area contributed by atoms with Gasteiger partial charge < -0.3 is 0 Å². The second-order valence-corrected chi connectivity index (χ2v) is 19.4. The van der Waals surface area contributed by atoms with Crippen LogP contribution in [0.4, 0.5) is 0 Å². The first-order chi connectivity index (χ1) is 21.7. The summed E-state index contributed by atoms with van der Waals surface area (Å²) in [6.45, 7) is 17.5. The third-order valence-corrected chi connectivity index (χ3v) is 16.4. The molecule has 230 valence electrons. The normalized spacial score (nSPS) is 12.3. The van der Waals surface area contributed by atoms with Crippen LogP contribution in [0.3, 0.4) is 0 Å². The molecule has 0 aliphatic carbocycles. The van der Waals surface area contributed by atoms with Crippen LogP contribution in [-0.4, -0.2) is 23.1 Å². The van der Waals surface area contributed by atoms with Crippen LogP contribution in [-0.2, 0) is 6.54 Å². The number of hydrogen-bond donors (Lipinski definition) is 0. The van der Waals surface area contributed by atoms with Gasteiger partial charge in [-0.3, -0.25) is 4.68 Å². The topological polar surface area (TPSA) is 30.7 Å². The van der Waals surface area contributed by atoms with Crippen LogP contribution in [0, 0.1) is 11.5 Å². The zero-order valence-corrected chi connectivity index (χ0v) is 29.1. The highest BCUT2D eigenvalue weighted by atomic mass is 28.3. The summed E-state index contributed by atoms with van der Waals surface area (Å²) >= 11 is 0. The van der Waals surface area contributed by atoms with Gasteiger partial charge in [0.1, 0.15) is 13.8 Å². The van der Waals surface area contributed by atoms with E-state index in [0.717, 1.165) is 29.8 Å². The van der Waals surface area contributed by atoms with Gasteiger partial charge in [0.15, 0.2) is 0 Å². The van der Waals surface area contributed by atoms with E-state index >= 15 is 0 Å². The highest BCUT2D eigenvalue weighted by Crippen LogP contribution is 2.43. The Bertz CT molecular complexity index is 1940. The summed E-state index contributed by atoms with van der Waals surface area (Å²) in [5, 5.41) is 19.2. The van der Waals surface area contributed by atoms with E-state index in [0.29, 0.717) is 16.6 Å². The van der Waals surface area contributed by atoms with Gasteiger partial charge in [-0.15, -0.1) is 10.6 Å². The standard InChI is InChI=1S/C41H47N3Si/c1-8-9-10-15-21-44-27-40(42-43-44)41-38-25-33-18-13-11-16-31(33)23-36(38)35(20-22-45(28(2)3,29(4)5)30(6)7)37-24-32-17-12-14-19-34(32)26-39(37)41/h11-14,16-19,23-30H,8-10,15,21H2,1-7H3. The van der Waals surface area contributed by atoms with Crippen LogP contribution in [0.2, 0.25) is 16.6 Å². The zero-order valence-electron chi connectivity index (χ0n) is 28.1. The summed E-state index contributed by atoms with van der Waals surface area (Å²) in [6, 6.07) is 26.8. The average Bonchev–Trinajstić information content (AvgIpc) is 3.49. The van der Waals surface area contributed by atoms with Gasteiger partial charge in [-0.05, 0) is 90.4 Å². The van der Waals surface area contributed by atoms with Crippen LogP contribution in [0.15, 0.2) is 79.0 Å². The van der Waals surface area contributed by atoms with Crippen molar-refractivity contribution in [3.8, 4) is 22.7 Å². The summed E-state index contributed by atoms with van der Waals surface area (Å²) in [5.74, 6) is 3.94. The molecule has 0 atom stereocenters. The summed E-state index contributed by atoms with van der Waals surface area (Å²) in [7, 11) is -1.97. The highest BCUT2D eigenvalue weighted by Gasteiger charge is 2.41. The molecule has 45 heavy (non-hydrogen) atoms. The van der Waals surface area contributed by atoms with E-state index in [1.165, 1.54) is 62.4 Å².